The van der Waals surface area contributed by atoms with E-state index in [2.05, 4.69) is 27.2 Å². The van der Waals surface area contributed by atoms with Gasteiger partial charge in [0.25, 0.3) is 0 Å². The lowest BCUT2D eigenvalue weighted by atomic mass is 10.0. The molecular formula is C32H24F2N4O2S. The van der Waals surface area contributed by atoms with Crippen LogP contribution in [0.3, 0.4) is 0 Å². The second-order valence-electron chi connectivity index (χ2n) is 9.68. The zero-order valence-corrected chi connectivity index (χ0v) is 22.5. The molecule has 6 nitrogen and oxygen atoms in total. The van der Waals surface area contributed by atoms with Gasteiger partial charge in [0.15, 0.2) is 4.96 Å². The minimum atomic E-state index is -0.906. The quantitative estimate of drug-likeness (QED) is 0.224. The number of thiazole rings is 1. The predicted molar refractivity (Wildman–Crippen MR) is 157 cm³/mol. The fourth-order valence-electron chi connectivity index (χ4n) is 4.74. The van der Waals surface area contributed by atoms with Gasteiger partial charge in [-0.2, -0.15) is 0 Å². The number of rotatable bonds is 8. The maximum atomic E-state index is 13.6. The van der Waals surface area contributed by atoms with Crippen molar-refractivity contribution < 1.29 is 18.4 Å². The molecule has 0 spiro atoms. The van der Waals surface area contributed by atoms with E-state index >= 15 is 0 Å². The van der Waals surface area contributed by atoms with Gasteiger partial charge in [-0.3, -0.25) is 14.0 Å². The molecule has 0 aliphatic carbocycles. The van der Waals surface area contributed by atoms with Crippen LogP contribution in [0.15, 0.2) is 103 Å². The van der Waals surface area contributed by atoms with Gasteiger partial charge in [0.2, 0.25) is 11.8 Å². The summed E-state index contributed by atoms with van der Waals surface area (Å²) in [6.07, 6.45) is 1.98. The van der Waals surface area contributed by atoms with Crippen LogP contribution < -0.4 is 10.6 Å². The number of aromatic nitrogens is 2. The first-order valence-corrected chi connectivity index (χ1v) is 13.8. The summed E-state index contributed by atoms with van der Waals surface area (Å²) in [5.74, 6) is -2.46. The lowest BCUT2D eigenvalue weighted by molar-refractivity contribution is -0.126. The van der Waals surface area contributed by atoms with E-state index in [9.17, 15) is 18.4 Å². The van der Waals surface area contributed by atoms with Crippen molar-refractivity contribution in [2.24, 2.45) is 0 Å². The Kier molecular flexibility index (Phi) is 7.26. The molecule has 0 bridgehead atoms. The summed E-state index contributed by atoms with van der Waals surface area (Å²) in [6, 6.07) is 26.8. The summed E-state index contributed by atoms with van der Waals surface area (Å²) < 4.78 is 30.4. The molecule has 2 aromatic heterocycles. The van der Waals surface area contributed by atoms with Gasteiger partial charge >= 0.3 is 0 Å². The molecule has 1 atom stereocenters. The predicted octanol–water partition coefficient (Wildman–Crippen LogP) is 6.40. The summed E-state index contributed by atoms with van der Waals surface area (Å²) in [4.78, 5) is 31.8. The second kappa shape index (κ2) is 11.3. The highest BCUT2D eigenvalue weighted by Crippen LogP contribution is 2.29. The molecule has 9 heteroatoms. The number of fused-ring (bicyclic) bond motifs is 3. The maximum Gasteiger partial charge on any atom is 0.247 e. The number of carbonyl (C=O) groups is 2. The van der Waals surface area contributed by atoms with Gasteiger partial charge in [-0.15, -0.1) is 0 Å². The first-order chi connectivity index (χ1) is 19.9. The Morgan fingerprint density at radius 2 is 1.56 bits per heavy atom. The molecule has 0 aliphatic heterocycles. The zero-order chi connectivity index (χ0) is 28.3. The van der Waals surface area contributed by atoms with Crippen molar-refractivity contribution in [1.29, 1.82) is 0 Å². The molecule has 6 rings (SSSR count). The Balaban J connectivity index is 1.17. The van der Waals surface area contributed by atoms with Crippen molar-refractivity contribution >= 4 is 44.0 Å². The van der Waals surface area contributed by atoms with Gasteiger partial charge in [-0.05, 0) is 47.5 Å². The van der Waals surface area contributed by atoms with E-state index in [1.807, 2.05) is 60.8 Å². The topological polar surface area (TPSA) is 75.5 Å². The summed E-state index contributed by atoms with van der Waals surface area (Å²) in [7, 11) is 0. The van der Waals surface area contributed by atoms with Gasteiger partial charge < -0.3 is 10.6 Å². The second-order valence-corrected chi connectivity index (χ2v) is 10.7. The fourth-order valence-corrected chi connectivity index (χ4v) is 5.75. The molecule has 0 saturated carbocycles. The van der Waals surface area contributed by atoms with Crippen LogP contribution >= 0.6 is 11.3 Å². The standard InChI is InChI=1S/C32H24F2N4O2S/c33-23-14-21(15-24(34)18-23)17-30(39)36-26(16-20-6-2-1-3-7-20)31(40)35-25-12-10-22(11-13-25)27-19-38-28-8-4-5-9-29(28)41-32(38)37-27/h1-15,18-19,26H,16-17H2,(H,35,40)(H,36,39). The third-order valence-corrected chi connectivity index (χ3v) is 7.70. The normalized spacial score (nSPS) is 12.0. The van der Waals surface area contributed by atoms with Gasteiger partial charge in [-0.25, -0.2) is 13.8 Å². The van der Waals surface area contributed by atoms with Crippen molar-refractivity contribution in [2.45, 2.75) is 18.9 Å². The lowest BCUT2D eigenvalue weighted by Gasteiger charge is -2.19. The smallest absolute Gasteiger partial charge is 0.247 e. The minimum Gasteiger partial charge on any atom is -0.344 e. The Bertz CT molecular complexity index is 1850. The van der Waals surface area contributed by atoms with E-state index in [1.165, 1.54) is 4.70 Å². The molecule has 204 valence electrons. The van der Waals surface area contributed by atoms with E-state index in [0.29, 0.717) is 5.69 Å². The van der Waals surface area contributed by atoms with Crippen LogP contribution in [0.1, 0.15) is 11.1 Å². The van der Waals surface area contributed by atoms with Crippen LogP contribution in [0.25, 0.3) is 26.4 Å². The first-order valence-electron chi connectivity index (χ1n) is 13.0. The Morgan fingerprint density at radius 3 is 2.32 bits per heavy atom. The molecule has 0 fully saturated rings. The molecule has 2 N–H and O–H groups in total. The molecule has 0 radical (unpaired) electrons. The molecule has 0 aliphatic rings. The molecule has 2 amide bonds. The molecule has 41 heavy (non-hydrogen) atoms. The van der Waals surface area contributed by atoms with Crippen molar-refractivity contribution in [3.8, 4) is 11.3 Å². The van der Waals surface area contributed by atoms with E-state index in [0.717, 1.165) is 45.5 Å². The monoisotopic (exact) mass is 566 g/mol. The highest BCUT2D eigenvalue weighted by Gasteiger charge is 2.22. The highest BCUT2D eigenvalue weighted by molar-refractivity contribution is 7.23. The molecule has 2 heterocycles. The third kappa shape index (κ3) is 6.00. The number of halogens is 2. The van der Waals surface area contributed by atoms with E-state index < -0.39 is 29.5 Å². The van der Waals surface area contributed by atoms with Crippen LogP contribution in [0.2, 0.25) is 0 Å². The Labute approximate surface area is 238 Å². The SMILES string of the molecule is O=C(Cc1cc(F)cc(F)c1)NC(Cc1ccccc1)C(=O)Nc1ccc(-c2cn3c(n2)sc2ccccc23)cc1. The van der Waals surface area contributed by atoms with E-state index in [4.69, 9.17) is 4.98 Å². The van der Waals surface area contributed by atoms with E-state index in [-0.39, 0.29) is 18.4 Å². The Morgan fingerprint density at radius 1 is 0.854 bits per heavy atom. The average Bonchev–Trinajstić information content (AvgIpc) is 3.51. The minimum absolute atomic E-state index is 0.182. The summed E-state index contributed by atoms with van der Waals surface area (Å²) in [5, 5.41) is 5.61. The number of nitrogens with zero attached hydrogens (tertiary/aromatic N) is 2. The Hall–Kier alpha value is -4.89. The number of para-hydroxylation sites is 1. The molecule has 1 unspecified atom stereocenters. The lowest BCUT2D eigenvalue weighted by Crippen LogP contribution is -2.45. The number of nitrogens with one attached hydrogen (secondary N) is 2. The summed E-state index contributed by atoms with van der Waals surface area (Å²) in [5.41, 5.74) is 4.42. The largest absolute Gasteiger partial charge is 0.344 e. The zero-order valence-electron chi connectivity index (χ0n) is 21.7. The number of hydrogen-bond acceptors (Lipinski definition) is 4. The van der Waals surface area contributed by atoms with Crippen molar-refractivity contribution in [3.05, 3.63) is 126 Å². The van der Waals surface area contributed by atoms with Gasteiger partial charge in [-0.1, -0.05) is 65.9 Å². The summed E-state index contributed by atoms with van der Waals surface area (Å²) in [6.45, 7) is 0. The van der Waals surface area contributed by atoms with Crippen LogP contribution in [0.5, 0.6) is 0 Å². The number of imidazole rings is 1. The number of benzene rings is 4. The van der Waals surface area contributed by atoms with Crippen LogP contribution in [-0.2, 0) is 22.4 Å². The van der Waals surface area contributed by atoms with Crippen LogP contribution in [0, 0.1) is 11.6 Å². The molecular weight excluding hydrogens is 542 g/mol. The van der Waals surface area contributed by atoms with Gasteiger partial charge in [0.1, 0.15) is 17.7 Å². The van der Waals surface area contributed by atoms with Crippen molar-refractivity contribution in [1.82, 2.24) is 14.7 Å². The van der Waals surface area contributed by atoms with Gasteiger partial charge in [0.05, 0.1) is 22.3 Å². The number of carbonyl (C=O) groups excluding carboxylic acids is 2. The average molecular weight is 567 g/mol. The first kappa shape index (κ1) is 26.3. The summed E-state index contributed by atoms with van der Waals surface area (Å²) >= 11 is 1.62. The van der Waals surface area contributed by atoms with Crippen LogP contribution in [0.4, 0.5) is 14.5 Å². The van der Waals surface area contributed by atoms with Crippen LogP contribution in [-0.4, -0.2) is 27.2 Å². The van der Waals surface area contributed by atoms with E-state index in [1.54, 1.807) is 23.5 Å². The number of anilines is 1. The molecule has 4 aromatic carbocycles. The number of amides is 2. The van der Waals surface area contributed by atoms with Crippen molar-refractivity contribution in [3.63, 3.8) is 0 Å². The molecule has 0 saturated heterocycles. The van der Waals surface area contributed by atoms with Gasteiger partial charge in [0, 0.05) is 29.9 Å². The highest BCUT2D eigenvalue weighted by atomic mass is 32.1. The maximum absolute atomic E-state index is 13.6. The number of hydrogen-bond donors (Lipinski definition) is 2. The molecule has 6 aromatic rings. The fraction of sp³-hybridized carbons (Fsp3) is 0.0938. The third-order valence-electron chi connectivity index (χ3n) is 6.67. The van der Waals surface area contributed by atoms with Crippen molar-refractivity contribution in [2.75, 3.05) is 5.32 Å².